The van der Waals surface area contributed by atoms with Crippen molar-refractivity contribution in [1.29, 1.82) is 0 Å². The van der Waals surface area contributed by atoms with Crippen molar-refractivity contribution < 1.29 is 13.6 Å². The lowest BCUT2D eigenvalue weighted by atomic mass is 10.2. The van der Waals surface area contributed by atoms with Crippen molar-refractivity contribution in [3.8, 4) is 0 Å². The summed E-state index contributed by atoms with van der Waals surface area (Å²) < 4.78 is 19.1. The molecule has 5 rings (SSSR count). The molecule has 1 amide bonds. The molecule has 0 radical (unpaired) electrons. The summed E-state index contributed by atoms with van der Waals surface area (Å²) in [5, 5.41) is 12.9. The van der Waals surface area contributed by atoms with E-state index in [-0.39, 0.29) is 17.6 Å². The number of nitrogens with one attached hydrogen (secondary N) is 2. The fraction of sp³-hybridized carbons (Fsp3) is 0.192. The minimum absolute atomic E-state index is 0.0676. The molecule has 4 aromatic rings. The first-order valence-corrected chi connectivity index (χ1v) is 11.4. The Morgan fingerprint density at radius 3 is 2.34 bits per heavy atom. The van der Waals surface area contributed by atoms with Gasteiger partial charge in [-0.2, -0.15) is 0 Å². The molecule has 0 saturated carbocycles. The summed E-state index contributed by atoms with van der Waals surface area (Å²) in [5.41, 5.74) is 3.23. The first kappa shape index (κ1) is 22.5. The van der Waals surface area contributed by atoms with E-state index in [9.17, 15) is 9.18 Å². The molecule has 2 N–H and O–H groups in total. The molecule has 1 aromatic heterocycles. The van der Waals surface area contributed by atoms with Gasteiger partial charge in [-0.25, -0.2) is 4.39 Å². The first-order chi connectivity index (χ1) is 17.1. The fourth-order valence-corrected chi connectivity index (χ4v) is 3.99. The van der Waals surface area contributed by atoms with Gasteiger partial charge in [0.05, 0.1) is 5.69 Å². The molecule has 0 aliphatic carbocycles. The number of aromatic nitrogens is 2. The smallest absolute Gasteiger partial charge is 0.320 e. The van der Waals surface area contributed by atoms with Crippen LogP contribution in [0.5, 0.6) is 0 Å². The lowest BCUT2D eigenvalue weighted by molar-refractivity contribution is 0.0991. The zero-order valence-electron chi connectivity index (χ0n) is 19.0. The van der Waals surface area contributed by atoms with Gasteiger partial charge in [-0.05, 0) is 42.0 Å². The topological polar surface area (TPSA) is 86.5 Å². The molecule has 8 nitrogen and oxygen atoms in total. The van der Waals surface area contributed by atoms with Crippen LogP contribution >= 0.6 is 0 Å². The third-order valence-electron chi connectivity index (χ3n) is 5.85. The lowest BCUT2D eigenvalue weighted by Crippen LogP contribution is -2.45. The number of para-hydroxylation sites is 1. The standard InChI is InChI=1S/C26H25FN6O2/c27-22-8-4-5-9-23(22)29-26-31-30-25(35-26)24(34)28-20-10-12-21(13-11-20)33-16-14-32(15-17-33)18-19-6-2-1-3-7-19/h1-13H,14-18H2,(H,28,34)(H,29,31). The number of hydrogen-bond donors (Lipinski definition) is 2. The third kappa shape index (κ3) is 5.64. The van der Waals surface area contributed by atoms with E-state index < -0.39 is 11.7 Å². The minimum atomic E-state index is -0.540. The highest BCUT2D eigenvalue weighted by Gasteiger charge is 2.19. The largest absolute Gasteiger partial charge is 0.399 e. The van der Waals surface area contributed by atoms with E-state index in [2.05, 4.69) is 54.9 Å². The summed E-state index contributed by atoms with van der Waals surface area (Å²) in [6.07, 6.45) is 0. The quantitative estimate of drug-likeness (QED) is 0.409. The van der Waals surface area contributed by atoms with Crippen molar-refractivity contribution in [2.75, 3.05) is 41.7 Å². The van der Waals surface area contributed by atoms with Crippen LogP contribution < -0.4 is 15.5 Å². The third-order valence-corrected chi connectivity index (χ3v) is 5.85. The van der Waals surface area contributed by atoms with E-state index in [0.717, 1.165) is 38.4 Å². The summed E-state index contributed by atoms with van der Waals surface area (Å²) in [6.45, 7) is 4.84. The van der Waals surface area contributed by atoms with Gasteiger partial charge in [0.2, 0.25) is 0 Å². The molecule has 3 aromatic carbocycles. The molecule has 9 heteroatoms. The van der Waals surface area contributed by atoms with Gasteiger partial charge in [0.1, 0.15) is 5.82 Å². The predicted molar refractivity (Wildman–Crippen MR) is 132 cm³/mol. The molecule has 1 saturated heterocycles. The average molecular weight is 473 g/mol. The summed E-state index contributed by atoms with van der Waals surface area (Å²) in [4.78, 5) is 17.3. The zero-order valence-corrected chi connectivity index (χ0v) is 19.0. The van der Waals surface area contributed by atoms with E-state index >= 15 is 0 Å². The highest BCUT2D eigenvalue weighted by Crippen LogP contribution is 2.22. The molecule has 35 heavy (non-hydrogen) atoms. The monoisotopic (exact) mass is 472 g/mol. The molecule has 1 fully saturated rings. The van der Waals surface area contributed by atoms with Crippen LogP contribution in [0.15, 0.2) is 83.3 Å². The van der Waals surface area contributed by atoms with Crippen LogP contribution in [0.25, 0.3) is 0 Å². The van der Waals surface area contributed by atoms with Gasteiger partial charge in [0, 0.05) is 44.1 Å². The summed E-state index contributed by atoms with van der Waals surface area (Å²) in [7, 11) is 0. The second kappa shape index (κ2) is 10.4. The molecule has 178 valence electrons. The van der Waals surface area contributed by atoms with Crippen molar-refractivity contribution in [1.82, 2.24) is 15.1 Å². The maximum absolute atomic E-state index is 13.8. The van der Waals surface area contributed by atoms with Crippen molar-refractivity contribution in [2.24, 2.45) is 0 Å². The summed E-state index contributed by atoms with van der Waals surface area (Å²) in [5.74, 6) is -1.22. The number of hydrogen-bond acceptors (Lipinski definition) is 7. The summed E-state index contributed by atoms with van der Waals surface area (Å²) >= 11 is 0. The summed E-state index contributed by atoms with van der Waals surface area (Å²) in [6, 6.07) is 24.2. The Morgan fingerprint density at radius 2 is 1.60 bits per heavy atom. The highest BCUT2D eigenvalue weighted by molar-refractivity contribution is 6.01. The molecule has 0 atom stereocenters. The van der Waals surface area contributed by atoms with E-state index in [0.29, 0.717) is 5.69 Å². The molecule has 0 spiro atoms. The lowest BCUT2D eigenvalue weighted by Gasteiger charge is -2.36. The van der Waals surface area contributed by atoms with Gasteiger partial charge in [0.25, 0.3) is 0 Å². The second-order valence-corrected chi connectivity index (χ2v) is 8.27. The van der Waals surface area contributed by atoms with Crippen LogP contribution in [0.3, 0.4) is 0 Å². The number of piperazine rings is 1. The number of anilines is 4. The second-order valence-electron chi connectivity index (χ2n) is 8.27. The maximum atomic E-state index is 13.8. The molecular weight excluding hydrogens is 447 g/mol. The number of benzene rings is 3. The molecule has 2 heterocycles. The number of rotatable bonds is 7. The van der Waals surface area contributed by atoms with Gasteiger partial charge in [-0.3, -0.25) is 9.69 Å². The molecule has 1 aliphatic rings. The van der Waals surface area contributed by atoms with Crippen molar-refractivity contribution in [3.63, 3.8) is 0 Å². The molecular formula is C26H25FN6O2. The Kier molecular flexibility index (Phi) is 6.67. The Bertz CT molecular complexity index is 1270. The van der Waals surface area contributed by atoms with E-state index in [1.54, 1.807) is 12.1 Å². The van der Waals surface area contributed by atoms with E-state index in [1.807, 2.05) is 30.3 Å². The molecule has 0 bridgehead atoms. The van der Waals surface area contributed by atoms with Crippen molar-refractivity contribution >= 4 is 29.0 Å². The number of carbonyl (C=O) groups excluding carboxylic acids is 1. The van der Waals surface area contributed by atoms with Crippen LogP contribution in [-0.2, 0) is 6.54 Å². The number of amides is 1. The Balaban J connectivity index is 1.13. The van der Waals surface area contributed by atoms with Crippen LogP contribution in [-0.4, -0.2) is 47.2 Å². The predicted octanol–water partition coefficient (Wildman–Crippen LogP) is 4.53. The van der Waals surface area contributed by atoms with Gasteiger partial charge >= 0.3 is 17.8 Å². The number of halogens is 1. The van der Waals surface area contributed by atoms with Gasteiger partial charge < -0.3 is 20.0 Å². The zero-order chi connectivity index (χ0) is 24.0. The van der Waals surface area contributed by atoms with Crippen LogP contribution in [0.4, 0.5) is 27.5 Å². The van der Waals surface area contributed by atoms with Crippen LogP contribution in [0, 0.1) is 5.82 Å². The van der Waals surface area contributed by atoms with Crippen LogP contribution in [0.1, 0.15) is 16.2 Å². The van der Waals surface area contributed by atoms with Crippen molar-refractivity contribution in [2.45, 2.75) is 6.54 Å². The molecule has 1 aliphatic heterocycles. The number of carbonyl (C=O) groups is 1. The SMILES string of the molecule is O=C(Nc1ccc(N2CCN(Cc3ccccc3)CC2)cc1)c1nnc(Nc2ccccc2F)o1. The van der Waals surface area contributed by atoms with E-state index in [1.165, 1.54) is 17.7 Å². The average Bonchev–Trinajstić information content (AvgIpc) is 3.36. The normalized spacial score (nSPS) is 14.0. The first-order valence-electron chi connectivity index (χ1n) is 11.4. The van der Waals surface area contributed by atoms with Gasteiger partial charge in [-0.1, -0.05) is 47.6 Å². The Labute approximate surface area is 202 Å². The van der Waals surface area contributed by atoms with Crippen molar-refractivity contribution in [3.05, 3.63) is 96.1 Å². The van der Waals surface area contributed by atoms with Crippen LogP contribution in [0.2, 0.25) is 0 Å². The Morgan fingerprint density at radius 1 is 0.886 bits per heavy atom. The van der Waals surface area contributed by atoms with E-state index in [4.69, 9.17) is 4.42 Å². The fourth-order valence-electron chi connectivity index (χ4n) is 3.99. The maximum Gasteiger partial charge on any atom is 0.320 e. The highest BCUT2D eigenvalue weighted by atomic mass is 19.1. The minimum Gasteiger partial charge on any atom is -0.399 e. The number of nitrogens with zero attached hydrogens (tertiary/aromatic N) is 4. The molecule has 0 unspecified atom stereocenters. The Hall–Kier alpha value is -4.24. The van der Waals surface area contributed by atoms with Gasteiger partial charge in [-0.15, -0.1) is 5.10 Å². The van der Waals surface area contributed by atoms with Gasteiger partial charge in [0.15, 0.2) is 0 Å².